The summed E-state index contributed by atoms with van der Waals surface area (Å²) in [6.45, 7) is 6.37. The van der Waals surface area contributed by atoms with Crippen LogP contribution in [0.5, 0.6) is 0 Å². The minimum atomic E-state index is -1.87. The molecule has 3 aromatic heterocycles. The van der Waals surface area contributed by atoms with Gasteiger partial charge < -0.3 is 10.2 Å². The van der Waals surface area contributed by atoms with E-state index in [-0.39, 0.29) is 12.8 Å². The topological polar surface area (TPSA) is 88.8 Å². The van der Waals surface area contributed by atoms with Gasteiger partial charge in [-0.3, -0.25) is 14.5 Å². The van der Waals surface area contributed by atoms with Gasteiger partial charge in [-0.1, -0.05) is 19.1 Å². The fraction of sp³-hybridized carbons (Fsp3) is 0.476. The molecule has 0 aliphatic carbocycles. The highest BCUT2D eigenvalue weighted by Crippen LogP contribution is 2.29. The molecule has 8 nitrogen and oxygen atoms in total. The molecule has 9 heteroatoms. The van der Waals surface area contributed by atoms with Crippen molar-refractivity contribution in [3.8, 4) is 11.4 Å². The first-order valence-corrected chi connectivity index (χ1v) is 10.2. The Bertz CT molecular complexity index is 1060. The van der Waals surface area contributed by atoms with Crippen LogP contribution in [0.4, 0.5) is 10.2 Å². The zero-order valence-electron chi connectivity index (χ0n) is 17.5. The van der Waals surface area contributed by atoms with Crippen molar-refractivity contribution in [3.05, 3.63) is 30.7 Å². The highest BCUT2D eigenvalue weighted by Gasteiger charge is 2.41. The number of aryl methyl sites for hydroxylation is 1. The van der Waals surface area contributed by atoms with E-state index in [9.17, 15) is 4.79 Å². The lowest BCUT2D eigenvalue weighted by molar-refractivity contribution is -0.130. The first-order chi connectivity index (χ1) is 14.3. The Balaban J connectivity index is 1.48. The van der Waals surface area contributed by atoms with Crippen molar-refractivity contribution < 1.29 is 9.18 Å². The van der Waals surface area contributed by atoms with Crippen LogP contribution < -0.4 is 5.32 Å². The van der Waals surface area contributed by atoms with Crippen molar-refractivity contribution in [2.24, 2.45) is 13.0 Å². The molecular formula is C21H26FN7O. The molecule has 4 heterocycles. The van der Waals surface area contributed by atoms with Crippen LogP contribution in [0.2, 0.25) is 0 Å². The van der Waals surface area contributed by atoms with Crippen molar-refractivity contribution in [2.75, 3.05) is 25.0 Å². The maximum absolute atomic E-state index is 15.3. The van der Waals surface area contributed by atoms with E-state index in [1.165, 1.54) is 0 Å². The normalized spacial score (nSPS) is 16.8. The largest absolute Gasteiger partial charge is 0.308 e. The van der Waals surface area contributed by atoms with Crippen LogP contribution in [0.1, 0.15) is 26.7 Å². The molecule has 4 rings (SSSR count). The van der Waals surface area contributed by atoms with E-state index in [1.807, 2.05) is 6.07 Å². The van der Waals surface area contributed by atoms with E-state index in [0.29, 0.717) is 36.2 Å². The fourth-order valence-electron chi connectivity index (χ4n) is 3.77. The molecule has 1 amide bonds. The quantitative estimate of drug-likeness (QED) is 0.695. The predicted molar refractivity (Wildman–Crippen MR) is 113 cm³/mol. The van der Waals surface area contributed by atoms with Crippen LogP contribution in [0.3, 0.4) is 0 Å². The summed E-state index contributed by atoms with van der Waals surface area (Å²) < 4.78 is 16.9. The lowest BCUT2D eigenvalue weighted by Gasteiger charge is -2.36. The smallest absolute Gasteiger partial charge is 0.263 e. The van der Waals surface area contributed by atoms with E-state index in [4.69, 9.17) is 0 Å². The zero-order chi connectivity index (χ0) is 21.3. The van der Waals surface area contributed by atoms with Gasteiger partial charge in [0.05, 0.1) is 11.9 Å². The van der Waals surface area contributed by atoms with E-state index in [1.54, 1.807) is 36.4 Å². The number of nitrogens with one attached hydrogen (secondary N) is 1. The number of rotatable bonds is 5. The van der Waals surface area contributed by atoms with Crippen LogP contribution in [-0.4, -0.2) is 61.1 Å². The van der Waals surface area contributed by atoms with E-state index in [0.717, 1.165) is 17.3 Å². The SMILES string of the molecule is CC(C)CN1CCC(F)(C(=O)Nc2cc3cc(-c4cn(C)nn4)ncc3cn2)CC1. The molecule has 0 saturated carbocycles. The summed E-state index contributed by atoms with van der Waals surface area (Å²) in [6, 6.07) is 3.58. The molecule has 1 N–H and O–H groups in total. The molecule has 1 saturated heterocycles. The second-order valence-electron chi connectivity index (χ2n) is 8.38. The molecule has 3 aromatic rings. The number of aromatic nitrogens is 5. The highest BCUT2D eigenvalue weighted by atomic mass is 19.1. The Morgan fingerprint density at radius 2 is 1.90 bits per heavy atom. The number of carbonyl (C=O) groups excluding carboxylic acids is 1. The number of halogens is 1. The standard InChI is InChI=1S/C21H26FN7O/c1-14(2)12-29-6-4-21(22,5-7-29)20(30)25-19-9-15-8-17(18-13-28(3)27-26-18)23-10-16(15)11-24-19/h8-11,13-14H,4-7,12H2,1-3H3,(H,24,25,30). The fourth-order valence-corrected chi connectivity index (χ4v) is 3.77. The first-order valence-electron chi connectivity index (χ1n) is 10.2. The maximum Gasteiger partial charge on any atom is 0.263 e. The monoisotopic (exact) mass is 411 g/mol. The van der Waals surface area contributed by atoms with Gasteiger partial charge in [0.25, 0.3) is 5.91 Å². The van der Waals surface area contributed by atoms with Crippen LogP contribution in [0.25, 0.3) is 22.2 Å². The second-order valence-corrected chi connectivity index (χ2v) is 8.38. The van der Waals surface area contributed by atoms with Gasteiger partial charge in [-0.2, -0.15) is 0 Å². The van der Waals surface area contributed by atoms with Crippen LogP contribution >= 0.6 is 0 Å². The molecule has 0 spiro atoms. The number of hydrogen-bond donors (Lipinski definition) is 1. The van der Waals surface area contributed by atoms with Crippen LogP contribution in [0.15, 0.2) is 30.7 Å². The summed E-state index contributed by atoms with van der Waals surface area (Å²) in [7, 11) is 1.79. The third kappa shape index (κ3) is 4.30. The number of alkyl halides is 1. The lowest BCUT2D eigenvalue weighted by atomic mass is 9.92. The molecule has 1 fully saturated rings. The number of pyridine rings is 2. The van der Waals surface area contributed by atoms with Crippen LogP contribution in [-0.2, 0) is 11.8 Å². The van der Waals surface area contributed by atoms with Gasteiger partial charge in [0, 0.05) is 57.3 Å². The average molecular weight is 411 g/mol. The summed E-state index contributed by atoms with van der Waals surface area (Å²) in [5.74, 6) is 0.223. The molecule has 1 aliphatic rings. The second kappa shape index (κ2) is 8.06. The maximum atomic E-state index is 15.3. The number of carbonyl (C=O) groups is 1. The molecule has 158 valence electrons. The third-order valence-corrected chi connectivity index (χ3v) is 5.39. The van der Waals surface area contributed by atoms with Crippen molar-refractivity contribution >= 4 is 22.5 Å². The van der Waals surface area contributed by atoms with Gasteiger partial charge in [-0.05, 0) is 23.4 Å². The molecule has 1 aliphatic heterocycles. The number of fused-ring (bicyclic) bond motifs is 1. The summed E-state index contributed by atoms with van der Waals surface area (Å²) in [5.41, 5.74) is -0.552. The summed E-state index contributed by atoms with van der Waals surface area (Å²) >= 11 is 0. The van der Waals surface area contributed by atoms with Crippen molar-refractivity contribution in [1.82, 2.24) is 29.9 Å². The van der Waals surface area contributed by atoms with Gasteiger partial charge in [0.1, 0.15) is 11.5 Å². The van der Waals surface area contributed by atoms with Crippen molar-refractivity contribution in [3.63, 3.8) is 0 Å². The van der Waals surface area contributed by atoms with Gasteiger partial charge in [0.15, 0.2) is 5.67 Å². The minimum Gasteiger partial charge on any atom is -0.308 e. The average Bonchev–Trinajstić information content (AvgIpc) is 3.15. The Morgan fingerprint density at radius 1 is 1.17 bits per heavy atom. The first kappa shape index (κ1) is 20.3. The van der Waals surface area contributed by atoms with Gasteiger partial charge in [-0.25, -0.2) is 9.37 Å². The van der Waals surface area contributed by atoms with E-state index in [2.05, 4.69) is 44.3 Å². The number of nitrogens with zero attached hydrogens (tertiary/aromatic N) is 6. The lowest BCUT2D eigenvalue weighted by Crippen LogP contribution is -2.49. The zero-order valence-corrected chi connectivity index (χ0v) is 17.5. The molecular weight excluding hydrogens is 385 g/mol. The molecule has 0 bridgehead atoms. The molecule has 0 atom stereocenters. The predicted octanol–water partition coefficient (Wildman–Crippen LogP) is 2.82. The number of amides is 1. The van der Waals surface area contributed by atoms with Gasteiger partial charge >= 0.3 is 0 Å². The number of likely N-dealkylation sites (tertiary alicyclic amines) is 1. The summed E-state index contributed by atoms with van der Waals surface area (Å²) in [5, 5.41) is 12.3. The molecule has 0 radical (unpaired) electrons. The summed E-state index contributed by atoms with van der Waals surface area (Å²) in [6.07, 6.45) is 5.48. The number of anilines is 1. The van der Waals surface area contributed by atoms with Crippen LogP contribution in [0, 0.1) is 5.92 Å². The van der Waals surface area contributed by atoms with Crippen molar-refractivity contribution in [2.45, 2.75) is 32.4 Å². The number of piperidine rings is 1. The minimum absolute atomic E-state index is 0.194. The van der Waals surface area contributed by atoms with E-state index < -0.39 is 11.6 Å². The highest BCUT2D eigenvalue weighted by molar-refractivity contribution is 5.98. The molecule has 30 heavy (non-hydrogen) atoms. The van der Waals surface area contributed by atoms with Crippen molar-refractivity contribution in [1.29, 1.82) is 0 Å². The molecule has 0 aromatic carbocycles. The Morgan fingerprint density at radius 3 is 2.57 bits per heavy atom. The summed E-state index contributed by atoms with van der Waals surface area (Å²) in [4.78, 5) is 23.5. The molecule has 0 unspecified atom stereocenters. The Labute approximate surface area is 174 Å². The van der Waals surface area contributed by atoms with Gasteiger partial charge in [-0.15, -0.1) is 5.10 Å². The Kier molecular flexibility index (Phi) is 5.46. The Hall–Kier alpha value is -2.94. The number of hydrogen-bond acceptors (Lipinski definition) is 6. The van der Waals surface area contributed by atoms with Gasteiger partial charge in [0.2, 0.25) is 0 Å². The third-order valence-electron chi connectivity index (χ3n) is 5.39. The van der Waals surface area contributed by atoms with E-state index >= 15 is 4.39 Å².